The highest BCUT2D eigenvalue weighted by Gasteiger charge is 2.16. The summed E-state index contributed by atoms with van der Waals surface area (Å²) in [5.41, 5.74) is 0.238. The molecule has 0 aliphatic heterocycles. The van der Waals surface area contributed by atoms with Crippen molar-refractivity contribution < 1.29 is 29.3 Å². The molecule has 0 saturated carbocycles. The van der Waals surface area contributed by atoms with E-state index in [1.807, 2.05) is 0 Å². The van der Waals surface area contributed by atoms with Gasteiger partial charge in [-0.05, 0) is 12.1 Å². The van der Waals surface area contributed by atoms with Gasteiger partial charge < -0.3 is 25.0 Å². The van der Waals surface area contributed by atoms with Crippen LogP contribution in [-0.2, 0) is 4.79 Å². The molecule has 0 spiro atoms. The summed E-state index contributed by atoms with van der Waals surface area (Å²) in [6, 6.07) is 2.86. The van der Waals surface area contributed by atoms with Gasteiger partial charge in [0.25, 0.3) is 5.91 Å². The number of nitrogens with one attached hydrogen (secondary N) is 1. The Kier molecular flexibility index (Phi) is 6.26. The number of aliphatic hydroxyl groups is 1. The lowest BCUT2D eigenvalue weighted by atomic mass is 10.1. The first kappa shape index (κ1) is 17.1. The molecule has 1 aromatic rings. The number of rotatable bonds is 7. The largest absolute Gasteiger partial charge is 0.493 e. The topological polar surface area (TPSA) is 105 Å². The van der Waals surface area contributed by atoms with Gasteiger partial charge in [-0.3, -0.25) is 4.79 Å². The minimum Gasteiger partial charge on any atom is -0.493 e. The maximum Gasteiger partial charge on any atom is 0.332 e. The second kappa shape index (κ2) is 7.70. The standard InChI is InChI=1S/C13H16ClNO6/c1-20-10-6-7(5-8(14)11(10)21-2)12(17)15-4-3-9(16)13(18)19/h5-6,9,16H,3-4H2,1-2H3,(H,15,17)(H,18,19). The molecule has 7 nitrogen and oxygen atoms in total. The maximum atomic E-state index is 11.9. The van der Waals surface area contributed by atoms with Gasteiger partial charge in [0, 0.05) is 18.5 Å². The van der Waals surface area contributed by atoms with E-state index in [2.05, 4.69) is 5.32 Å². The van der Waals surface area contributed by atoms with Crippen molar-refractivity contribution >= 4 is 23.5 Å². The van der Waals surface area contributed by atoms with Gasteiger partial charge in [-0.1, -0.05) is 11.6 Å². The Hall–Kier alpha value is -1.99. The third-order valence-electron chi connectivity index (χ3n) is 2.68. The summed E-state index contributed by atoms with van der Waals surface area (Å²) in [6.07, 6.45) is -1.61. The monoisotopic (exact) mass is 317 g/mol. The lowest BCUT2D eigenvalue weighted by Crippen LogP contribution is -2.30. The number of halogens is 1. The number of aliphatic hydroxyl groups excluding tert-OH is 1. The van der Waals surface area contributed by atoms with E-state index in [-0.39, 0.29) is 23.6 Å². The molecule has 1 unspecified atom stereocenters. The molecule has 1 atom stereocenters. The normalized spacial score (nSPS) is 11.6. The van der Waals surface area contributed by atoms with Crippen molar-refractivity contribution in [2.45, 2.75) is 12.5 Å². The van der Waals surface area contributed by atoms with E-state index in [1.165, 1.54) is 26.4 Å². The summed E-state index contributed by atoms with van der Waals surface area (Å²) < 4.78 is 10.1. The number of ether oxygens (including phenoxy) is 2. The Morgan fingerprint density at radius 2 is 2.00 bits per heavy atom. The van der Waals surface area contributed by atoms with Gasteiger partial charge >= 0.3 is 5.97 Å². The molecule has 116 valence electrons. The summed E-state index contributed by atoms with van der Waals surface area (Å²) in [6.45, 7) is 0.0122. The van der Waals surface area contributed by atoms with Crippen molar-refractivity contribution in [1.82, 2.24) is 5.32 Å². The average molecular weight is 318 g/mol. The van der Waals surface area contributed by atoms with Crippen LogP contribution in [0.25, 0.3) is 0 Å². The van der Waals surface area contributed by atoms with Gasteiger partial charge in [0.1, 0.15) is 0 Å². The molecule has 8 heteroatoms. The Morgan fingerprint density at radius 3 is 2.52 bits per heavy atom. The zero-order valence-electron chi connectivity index (χ0n) is 11.6. The van der Waals surface area contributed by atoms with Gasteiger partial charge in [-0.2, -0.15) is 0 Å². The van der Waals surface area contributed by atoms with E-state index in [0.29, 0.717) is 11.5 Å². The highest BCUT2D eigenvalue weighted by molar-refractivity contribution is 6.32. The predicted octanol–water partition coefficient (Wildman–Crippen LogP) is 0.923. The molecule has 3 N–H and O–H groups in total. The molecule has 0 heterocycles. The lowest BCUT2D eigenvalue weighted by Gasteiger charge is -2.12. The highest BCUT2D eigenvalue weighted by Crippen LogP contribution is 2.35. The molecule has 21 heavy (non-hydrogen) atoms. The smallest absolute Gasteiger partial charge is 0.332 e. The van der Waals surface area contributed by atoms with E-state index in [1.54, 1.807) is 0 Å². The van der Waals surface area contributed by atoms with Crippen LogP contribution in [-0.4, -0.2) is 49.0 Å². The third-order valence-corrected chi connectivity index (χ3v) is 2.96. The number of aliphatic carboxylic acids is 1. The van der Waals surface area contributed by atoms with E-state index in [4.69, 9.17) is 31.3 Å². The first-order valence-corrected chi connectivity index (χ1v) is 6.39. The van der Waals surface area contributed by atoms with Crippen molar-refractivity contribution in [3.63, 3.8) is 0 Å². The number of hydrogen-bond donors (Lipinski definition) is 3. The molecule has 0 bridgehead atoms. The first-order valence-electron chi connectivity index (χ1n) is 6.01. The number of methoxy groups -OCH3 is 2. The van der Waals surface area contributed by atoms with Gasteiger partial charge in [0.05, 0.1) is 19.2 Å². The summed E-state index contributed by atoms with van der Waals surface area (Å²) >= 11 is 5.98. The molecule has 0 aromatic heterocycles. The number of carboxylic acids is 1. The van der Waals surface area contributed by atoms with Crippen LogP contribution in [0.5, 0.6) is 11.5 Å². The van der Waals surface area contributed by atoms with E-state index >= 15 is 0 Å². The maximum absolute atomic E-state index is 11.9. The van der Waals surface area contributed by atoms with Crippen LogP contribution in [0.15, 0.2) is 12.1 Å². The van der Waals surface area contributed by atoms with Crippen molar-refractivity contribution in [1.29, 1.82) is 0 Å². The fraction of sp³-hybridized carbons (Fsp3) is 0.385. The van der Waals surface area contributed by atoms with Crippen LogP contribution in [0, 0.1) is 0 Å². The van der Waals surface area contributed by atoms with Crippen molar-refractivity contribution in [2.24, 2.45) is 0 Å². The fourth-order valence-electron chi connectivity index (χ4n) is 1.60. The zero-order valence-corrected chi connectivity index (χ0v) is 12.3. The lowest BCUT2D eigenvalue weighted by molar-refractivity contribution is -0.146. The zero-order chi connectivity index (χ0) is 16.0. The van der Waals surface area contributed by atoms with Crippen LogP contribution in [0.1, 0.15) is 16.8 Å². The Morgan fingerprint density at radius 1 is 1.33 bits per heavy atom. The molecular weight excluding hydrogens is 302 g/mol. The molecule has 1 amide bonds. The Bertz CT molecular complexity index is 534. The van der Waals surface area contributed by atoms with E-state index in [0.717, 1.165) is 0 Å². The molecule has 1 aromatic carbocycles. The molecule has 1 rings (SSSR count). The molecule has 0 fully saturated rings. The number of hydrogen-bond acceptors (Lipinski definition) is 5. The fourth-order valence-corrected chi connectivity index (χ4v) is 1.88. The highest BCUT2D eigenvalue weighted by atomic mass is 35.5. The van der Waals surface area contributed by atoms with Crippen LogP contribution < -0.4 is 14.8 Å². The first-order chi connectivity index (χ1) is 9.90. The van der Waals surface area contributed by atoms with Crippen LogP contribution in [0.4, 0.5) is 0 Å². The predicted molar refractivity (Wildman–Crippen MR) is 75.1 cm³/mol. The summed E-state index contributed by atoms with van der Waals surface area (Å²) in [4.78, 5) is 22.4. The minimum absolute atomic E-state index is 0.0122. The van der Waals surface area contributed by atoms with Gasteiger partial charge in [-0.15, -0.1) is 0 Å². The van der Waals surface area contributed by atoms with Crippen molar-refractivity contribution in [2.75, 3.05) is 20.8 Å². The summed E-state index contributed by atoms with van der Waals surface area (Å²) in [7, 11) is 2.84. The second-order valence-corrected chi connectivity index (χ2v) is 4.50. The van der Waals surface area contributed by atoms with E-state index < -0.39 is 18.0 Å². The average Bonchev–Trinajstić information content (AvgIpc) is 2.45. The number of benzene rings is 1. The SMILES string of the molecule is COc1cc(C(=O)NCCC(O)C(=O)O)cc(Cl)c1OC. The molecule has 0 aliphatic rings. The number of carboxylic acid groups (broad SMARTS) is 1. The van der Waals surface area contributed by atoms with Crippen molar-refractivity contribution in [3.8, 4) is 11.5 Å². The van der Waals surface area contributed by atoms with Gasteiger partial charge in [-0.25, -0.2) is 4.79 Å². The summed E-state index contributed by atoms with van der Waals surface area (Å²) in [5, 5.41) is 20.3. The molecule has 0 radical (unpaired) electrons. The third kappa shape index (κ3) is 4.51. The number of carbonyl (C=O) groups is 2. The van der Waals surface area contributed by atoms with Crippen molar-refractivity contribution in [3.05, 3.63) is 22.7 Å². The Balaban J connectivity index is 2.75. The Labute approximate surface area is 126 Å². The quantitative estimate of drug-likeness (QED) is 0.690. The minimum atomic E-state index is -1.51. The molecular formula is C13H16ClNO6. The van der Waals surface area contributed by atoms with Crippen LogP contribution in [0.2, 0.25) is 5.02 Å². The van der Waals surface area contributed by atoms with Gasteiger partial charge in [0.15, 0.2) is 17.6 Å². The molecule has 0 saturated heterocycles. The van der Waals surface area contributed by atoms with E-state index in [9.17, 15) is 9.59 Å². The summed E-state index contributed by atoms with van der Waals surface area (Å²) in [5.74, 6) is -1.17. The van der Waals surface area contributed by atoms with Gasteiger partial charge in [0.2, 0.25) is 0 Å². The number of amides is 1. The number of carbonyl (C=O) groups excluding carboxylic acids is 1. The van der Waals surface area contributed by atoms with Crippen LogP contribution in [0.3, 0.4) is 0 Å². The second-order valence-electron chi connectivity index (χ2n) is 4.09. The molecule has 0 aliphatic carbocycles. The van der Waals surface area contributed by atoms with Crippen LogP contribution >= 0.6 is 11.6 Å².